The molecule has 1 saturated heterocycles. The van der Waals surface area contributed by atoms with Crippen molar-refractivity contribution in [3.05, 3.63) is 11.1 Å². The summed E-state index contributed by atoms with van der Waals surface area (Å²) in [5.41, 5.74) is 0.896. The van der Waals surface area contributed by atoms with Crippen LogP contribution in [0.4, 0.5) is 5.13 Å². The van der Waals surface area contributed by atoms with Crippen molar-refractivity contribution in [3.8, 4) is 6.07 Å². The monoisotopic (exact) mass is 265 g/mol. The number of carbonyl (C=O) groups excluding carboxylic acids is 1. The molecule has 0 radical (unpaired) electrons. The Morgan fingerprint density at radius 1 is 1.83 bits per heavy atom. The number of hydrogen-bond donors (Lipinski definition) is 2. The molecule has 1 unspecified atom stereocenters. The number of amides is 1. The largest absolute Gasteiger partial charge is 0.313 e. The predicted octanol–water partition coefficient (Wildman–Crippen LogP) is 0.187. The Kier molecular flexibility index (Phi) is 4.25. The van der Waals surface area contributed by atoms with Crippen LogP contribution in [0.15, 0.2) is 5.38 Å². The van der Waals surface area contributed by atoms with Crippen LogP contribution in [0.5, 0.6) is 0 Å². The van der Waals surface area contributed by atoms with Gasteiger partial charge in [-0.05, 0) is 6.92 Å². The van der Waals surface area contributed by atoms with Crippen LogP contribution in [-0.4, -0.2) is 48.0 Å². The van der Waals surface area contributed by atoms with E-state index in [4.69, 9.17) is 5.26 Å². The lowest BCUT2D eigenvalue weighted by molar-refractivity contribution is -0.117. The van der Waals surface area contributed by atoms with E-state index in [1.807, 2.05) is 17.2 Å². The fourth-order valence-electron chi connectivity index (χ4n) is 1.82. The summed E-state index contributed by atoms with van der Waals surface area (Å²) in [5, 5.41) is 17.4. The summed E-state index contributed by atoms with van der Waals surface area (Å²) in [6.45, 7) is 4.25. The first kappa shape index (κ1) is 13.0. The minimum absolute atomic E-state index is 0.119. The zero-order valence-electron chi connectivity index (χ0n) is 10.1. The summed E-state index contributed by atoms with van der Waals surface area (Å²) in [6, 6.07) is 1.96. The second-order valence-electron chi connectivity index (χ2n) is 4.16. The fraction of sp³-hybridized carbons (Fsp3) is 0.545. The van der Waals surface area contributed by atoms with E-state index in [0.29, 0.717) is 18.2 Å². The van der Waals surface area contributed by atoms with Gasteiger partial charge >= 0.3 is 0 Å². The van der Waals surface area contributed by atoms with Crippen LogP contribution < -0.4 is 10.6 Å². The quantitative estimate of drug-likeness (QED) is 0.815. The number of nitriles is 1. The molecule has 1 amide bonds. The van der Waals surface area contributed by atoms with Gasteiger partial charge in [0, 0.05) is 25.0 Å². The van der Waals surface area contributed by atoms with E-state index in [-0.39, 0.29) is 18.5 Å². The van der Waals surface area contributed by atoms with E-state index in [1.165, 1.54) is 11.3 Å². The molecule has 96 valence electrons. The number of carbonyl (C=O) groups is 1. The Balaban J connectivity index is 1.88. The highest BCUT2D eigenvalue weighted by atomic mass is 32.1. The van der Waals surface area contributed by atoms with E-state index in [9.17, 15) is 4.79 Å². The lowest BCUT2D eigenvalue weighted by Crippen LogP contribution is -2.52. The molecule has 0 aromatic carbocycles. The minimum atomic E-state index is -0.234. The van der Waals surface area contributed by atoms with Gasteiger partial charge < -0.3 is 10.6 Å². The molecule has 1 fully saturated rings. The number of aryl methyl sites for hydroxylation is 1. The molecule has 7 heteroatoms. The number of aromatic nitrogens is 1. The normalized spacial score (nSPS) is 20.3. The molecule has 1 aromatic heterocycles. The average Bonchev–Trinajstić information content (AvgIpc) is 2.75. The summed E-state index contributed by atoms with van der Waals surface area (Å²) < 4.78 is 0. The molecule has 2 rings (SSSR count). The standard InChI is InChI=1S/C11H15N5OS/c1-8-7-18-11(14-8)15-10(17)6-16-3-2-13-5-9(16)4-12/h7,9,13H,2-3,5-6H2,1H3,(H,14,15,17). The van der Waals surface area contributed by atoms with Crippen LogP contribution in [-0.2, 0) is 4.79 Å². The van der Waals surface area contributed by atoms with Gasteiger partial charge in [-0.2, -0.15) is 5.26 Å². The van der Waals surface area contributed by atoms with Gasteiger partial charge in [0.2, 0.25) is 5.91 Å². The zero-order valence-corrected chi connectivity index (χ0v) is 11.0. The average molecular weight is 265 g/mol. The molecule has 6 nitrogen and oxygen atoms in total. The number of anilines is 1. The van der Waals surface area contributed by atoms with Crippen molar-refractivity contribution in [3.63, 3.8) is 0 Å². The van der Waals surface area contributed by atoms with Crippen LogP contribution in [0.2, 0.25) is 0 Å². The van der Waals surface area contributed by atoms with E-state index in [0.717, 1.165) is 12.2 Å². The van der Waals surface area contributed by atoms with Crippen molar-refractivity contribution in [1.82, 2.24) is 15.2 Å². The molecular weight excluding hydrogens is 250 g/mol. The maximum atomic E-state index is 11.8. The predicted molar refractivity (Wildman–Crippen MR) is 69.3 cm³/mol. The van der Waals surface area contributed by atoms with Gasteiger partial charge in [-0.25, -0.2) is 4.98 Å². The fourth-order valence-corrected chi connectivity index (χ4v) is 2.52. The van der Waals surface area contributed by atoms with Crippen molar-refractivity contribution in [1.29, 1.82) is 5.26 Å². The molecule has 0 saturated carbocycles. The molecule has 0 aliphatic carbocycles. The van der Waals surface area contributed by atoms with Gasteiger partial charge in [-0.15, -0.1) is 11.3 Å². The number of thiazole rings is 1. The third kappa shape index (κ3) is 3.26. The summed E-state index contributed by atoms with van der Waals surface area (Å²) in [6.07, 6.45) is 0. The molecule has 0 spiro atoms. The van der Waals surface area contributed by atoms with E-state index in [1.54, 1.807) is 0 Å². The van der Waals surface area contributed by atoms with Crippen molar-refractivity contribution in [2.24, 2.45) is 0 Å². The number of rotatable bonds is 3. The molecule has 2 N–H and O–H groups in total. The Morgan fingerprint density at radius 2 is 2.67 bits per heavy atom. The van der Waals surface area contributed by atoms with Crippen LogP contribution in [0.1, 0.15) is 5.69 Å². The van der Waals surface area contributed by atoms with Gasteiger partial charge in [0.15, 0.2) is 5.13 Å². The van der Waals surface area contributed by atoms with Crippen molar-refractivity contribution in [2.45, 2.75) is 13.0 Å². The highest BCUT2D eigenvalue weighted by molar-refractivity contribution is 7.13. The van der Waals surface area contributed by atoms with E-state index >= 15 is 0 Å². The molecule has 1 aliphatic heterocycles. The van der Waals surface area contributed by atoms with E-state index < -0.39 is 0 Å². The molecule has 0 bridgehead atoms. The maximum Gasteiger partial charge on any atom is 0.240 e. The molecule has 1 atom stereocenters. The van der Waals surface area contributed by atoms with Gasteiger partial charge in [0.05, 0.1) is 18.3 Å². The Morgan fingerprint density at radius 3 is 3.33 bits per heavy atom. The molecule has 1 aromatic rings. The molecule has 2 heterocycles. The topological polar surface area (TPSA) is 81.0 Å². The second-order valence-corrected chi connectivity index (χ2v) is 5.02. The SMILES string of the molecule is Cc1csc(NC(=O)CN2CCNCC2C#N)n1. The summed E-state index contributed by atoms with van der Waals surface area (Å²) >= 11 is 1.41. The number of nitrogens with zero attached hydrogens (tertiary/aromatic N) is 3. The minimum Gasteiger partial charge on any atom is -0.313 e. The van der Waals surface area contributed by atoms with Crippen LogP contribution >= 0.6 is 11.3 Å². The van der Waals surface area contributed by atoms with Crippen LogP contribution in [0, 0.1) is 18.3 Å². The summed E-state index contributed by atoms with van der Waals surface area (Å²) in [4.78, 5) is 17.9. The highest BCUT2D eigenvalue weighted by Gasteiger charge is 2.23. The lowest BCUT2D eigenvalue weighted by atomic mass is 10.2. The van der Waals surface area contributed by atoms with Gasteiger partial charge in [-0.3, -0.25) is 9.69 Å². The Labute approximate surface area is 110 Å². The van der Waals surface area contributed by atoms with Gasteiger partial charge in [0.1, 0.15) is 6.04 Å². The van der Waals surface area contributed by atoms with Crippen LogP contribution in [0.3, 0.4) is 0 Å². The first-order chi connectivity index (χ1) is 8.69. The van der Waals surface area contributed by atoms with Gasteiger partial charge in [-0.1, -0.05) is 0 Å². The van der Waals surface area contributed by atoms with Crippen molar-refractivity contribution in [2.75, 3.05) is 31.5 Å². The summed E-state index contributed by atoms with van der Waals surface area (Å²) in [7, 11) is 0. The first-order valence-corrected chi connectivity index (χ1v) is 6.63. The molecule has 18 heavy (non-hydrogen) atoms. The van der Waals surface area contributed by atoms with Crippen molar-refractivity contribution < 1.29 is 4.79 Å². The maximum absolute atomic E-state index is 11.8. The van der Waals surface area contributed by atoms with Crippen LogP contribution in [0.25, 0.3) is 0 Å². The third-order valence-corrected chi connectivity index (χ3v) is 3.59. The Hall–Kier alpha value is -1.49. The van der Waals surface area contributed by atoms with Crippen molar-refractivity contribution >= 4 is 22.4 Å². The third-order valence-electron chi connectivity index (χ3n) is 2.72. The highest BCUT2D eigenvalue weighted by Crippen LogP contribution is 2.14. The summed E-state index contributed by atoms with van der Waals surface area (Å²) in [5.74, 6) is -0.119. The lowest BCUT2D eigenvalue weighted by Gasteiger charge is -2.30. The first-order valence-electron chi connectivity index (χ1n) is 5.75. The van der Waals surface area contributed by atoms with E-state index in [2.05, 4.69) is 21.7 Å². The smallest absolute Gasteiger partial charge is 0.240 e. The zero-order chi connectivity index (χ0) is 13.0. The molecular formula is C11H15N5OS. The molecule has 1 aliphatic rings. The second kappa shape index (κ2) is 5.91. The van der Waals surface area contributed by atoms with Gasteiger partial charge in [0.25, 0.3) is 0 Å². The Bertz CT molecular complexity index is 466. The number of hydrogen-bond acceptors (Lipinski definition) is 6. The number of nitrogens with one attached hydrogen (secondary N) is 2. The number of piperazine rings is 1.